The van der Waals surface area contributed by atoms with Crippen molar-refractivity contribution >= 4 is 27.5 Å². The predicted octanol–water partition coefficient (Wildman–Crippen LogP) is 0.399. The highest BCUT2D eigenvalue weighted by molar-refractivity contribution is 7.99. The van der Waals surface area contributed by atoms with Crippen molar-refractivity contribution in [2.24, 2.45) is 11.8 Å². The number of nitrogens with one attached hydrogen (secondary N) is 2. The molecule has 1 aliphatic rings. The summed E-state index contributed by atoms with van der Waals surface area (Å²) in [6.07, 6.45) is 3.84. The van der Waals surface area contributed by atoms with E-state index in [9.17, 15) is 8.42 Å². The Kier molecular flexibility index (Phi) is 4.44. The minimum absolute atomic E-state index is 0.0816. The summed E-state index contributed by atoms with van der Waals surface area (Å²) in [5.74, 6) is 7.82. The van der Waals surface area contributed by atoms with E-state index in [1.807, 2.05) is 11.8 Å². The molecule has 100 valence electrons. The highest BCUT2D eigenvalue weighted by Gasteiger charge is 2.22. The van der Waals surface area contributed by atoms with Crippen LogP contribution in [0.25, 0.3) is 0 Å². The minimum Gasteiger partial charge on any atom is -0.323 e. The summed E-state index contributed by atoms with van der Waals surface area (Å²) < 4.78 is 26.8. The summed E-state index contributed by atoms with van der Waals surface area (Å²) in [5.41, 5.74) is 2.71. The van der Waals surface area contributed by atoms with Gasteiger partial charge in [-0.25, -0.2) is 13.1 Å². The lowest BCUT2D eigenvalue weighted by molar-refractivity contribution is 0.545. The van der Waals surface area contributed by atoms with Crippen LogP contribution < -0.4 is 16.0 Å². The van der Waals surface area contributed by atoms with E-state index in [4.69, 9.17) is 5.84 Å². The van der Waals surface area contributed by atoms with Gasteiger partial charge in [0.2, 0.25) is 10.0 Å². The number of hydrogen-bond acceptors (Lipinski definition) is 6. The molecule has 1 saturated heterocycles. The second kappa shape index (κ2) is 5.87. The minimum atomic E-state index is -3.55. The number of thioether (sulfide) groups is 1. The van der Waals surface area contributed by atoms with E-state index in [0.29, 0.717) is 18.2 Å². The van der Waals surface area contributed by atoms with Crippen LogP contribution in [-0.2, 0) is 10.0 Å². The number of sulfonamides is 1. The Morgan fingerprint density at radius 3 is 3.06 bits per heavy atom. The van der Waals surface area contributed by atoms with E-state index < -0.39 is 10.0 Å². The van der Waals surface area contributed by atoms with Gasteiger partial charge in [-0.3, -0.25) is 10.8 Å². The predicted molar refractivity (Wildman–Crippen MR) is 72.7 cm³/mol. The average Bonchev–Trinajstić information content (AvgIpc) is 2.89. The largest absolute Gasteiger partial charge is 0.323 e. The van der Waals surface area contributed by atoms with Crippen molar-refractivity contribution in [3.05, 3.63) is 18.5 Å². The molecule has 2 rings (SSSR count). The summed E-state index contributed by atoms with van der Waals surface area (Å²) in [4.78, 5) is 3.90. The quantitative estimate of drug-likeness (QED) is 0.536. The number of hydrazine groups is 1. The van der Waals surface area contributed by atoms with E-state index in [0.717, 1.165) is 17.9 Å². The molecule has 1 aliphatic heterocycles. The fourth-order valence-corrected chi connectivity index (χ4v) is 4.27. The van der Waals surface area contributed by atoms with Crippen molar-refractivity contribution in [2.75, 3.05) is 23.5 Å². The van der Waals surface area contributed by atoms with Gasteiger partial charge in [-0.05, 0) is 29.9 Å². The van der Waals surface area contributed by atoms with E-state index in [2.05, 4.69) is 15.1 Å². The molecule has 2 heterocycles. The van der Waals surface area contributed by atoms with Gasteiger partial charge in [0.05, 0.1) is 5.69 Å². The molecule has 0 aromatic carbocycles. The molecule has 1 fully saturated rings. The zero-order valence-corrected chi connectivity index (χ0v) is 11.4. The third-order valence-corrected chi connectivity index (χ3v) is 5.50. The average molecular weight is 288 g/mol. The van der Waals surface area contributed by atoms with Gasteiger partial charge in [0.1, 0.15) is 4.90 Å². The summed E-state index contributed by atoms with van der Waals surface area (Å²) in [5, 5.41) is 0. The Balaban J connectivity index is 2.09. The Morgan fingerprint density at radius 2 is 2.39 bits per heavy atom. The van der Waals surface area contributed by atoms with Crippen LogP contribution in [0.4, 0.5) is 5.69 Å². The highest BCUT2D eigenvalue weighted by Crippen LogP contribution is 2.24. The van der Waals surface area contributed by atoms with E-state index >= 15 is 0 Å². The molecule has 1 unspecified atom stereocenters. The molecule has 4 N–H and O–H groups in total. The van der Waals surface area contributed by atoms with Gasteiger partial charge in [0.25, 0.3) is 0 Å². The number of rotatable bonds is 5. The van der Waals surface area contributed by atoms with Crippen LogP contribution in [0, 0.1) is 5.92 Å². The molecular formula is C10H16N4O2S2. The third kappa shape index (κ3) is 3.14. The zero-order chi connectivity index (χ0) is 13.0. The number of hydrogen-bond donors (Lipinski definition) is 3. The summed E-state index contributed by atoms with van der Waals surface area (Å²) >= 11 is 1.86. The fourth-order valence-electron chi connectivity index (χ4n) is 1.76. The van der Waals surface area contributed by atoms with Crippen LogP contribution in [-0.4, -0.2) is 31.5 Å². The van der Waals surface area contributed by atoms with Gasteiger partial charge in [-0.1, -0.05) is 0 Å². The maximum Gasteiger partial charge on any atom is 0.244 e. The van der Waals surface area contributed by atoms with Gasteiger partial charge >= 0.3 is 0 Å². The molecule has 0 spiro atoms. The molecular weight excluding hydrogens is 272 g/mol. The third-order valence-electron chi connectivity index (χ3n) is 2.82. The lowest BCUT2D eigenvalue weighted by atomic mass is 10.1. The maximum atomic E-state index is 12.1. The van der Waals surface area contributed by atoms with Crippen LogP contribution >= 0.6 is 11.8 Å². The van der Waals surface area contributed by atoms with Crippen molar-refractivity contribution in [1.82, 2.24) is 9.71 Å². The van der Waals surface area contributed by atoms with Crippen LogP contribution in [0.15, 0.2) is 23.4 Å². The molecule has 1 atom stereocenters. The number of pyridine rings is 1. The summed E-state index contributed by atoms with van der Waals surface area (Å²) in [6.45, 7) is 0.467. The standard InChI is InChI=1S/C10H16N4O2S2/c11-14-9-1-3-12-6-10(9)18(15,16)13-5-8-2-4-17-7-8/h1,3,6,8,13H,2,4-5,7,11H2,(H,12,14). The lowest BCUT2D eigenvalue weighted by Gasteiger charge is -2.12. The first-order valence-electron chi connectivity index (χ1n) is 5.61. The first kappa shape index (κ1) is 13.6. The summed E-state index contributed by atoms with van der Waals surface area (Å²) in [7, 11) is -3.55. The second-order valence-electron chi connectivity index (χ2n) is 4.10. The molecule has 1 aromatic rings. The van der Waals surface area contributed by atoms with Crippen molar-refractivity contribution in [3.8, 4) is 0 Å². The highest BCUT2D eigenvalue weighted by atomic mass is 32.2. The lowest BCUT2D eigenvalue weighted by Crippen LogP contribution is -2.30. The Hall–Kier alpha value is -0.830. The number of aromatic nitrogens is 1. The monoisotopic (exact) mass is 288 g/mol. The molecule has 0 amide bonds. The van der Waals surface area contributed by atoms with Gasteiger partial charge in [-0.2, -0.15) is 11.8 Å². The first-order valence-corrected chi connectivity index (χ1v) is 8.25. The van der Waals surface area contributed by atoms with Gasteiger partial charge in [-0.15, -0.1) is 0 Å². The molecule has 8 heteroatoms. The Morgan fingerprint density at radius 1 is 1.56 bits per heavy atom. The summed E-state index contributed by atoms with van der Waals surface area (Å²) in [6, 6.07) is 1.53. The van der Waals surface area contributed by atoms with Gasteiger partial charge < -0.3 is 5.43 Å². The van der Waals surface area contributed by atoms with Gasteiger partial charge in [0.15, 0.2) is 0 Å². The number of nitrogens with two attached hydrogens (primary N) is 1. The number of nitrogen functional groups attached to an aromatic ring is 1. The van der Waals surface area contributed by atoms with Crippen molar-refractivity contribution < 1.29 is 8.42 Å². The van der Waals surface area contributed by atoms with Gasteiger partial charge in [0, 0.05) is 18.9 Å². The Labute approximate surface area is 111 Å². The fraction of sp³-hybridized carbons (Fsp3) is 0.500. The SMILES string of the molecule is NNc1ccncc1S(=O)(=O)NCC1CCSC1. The maximum absolute atomic E-state index is 12.1. The van der Waals surface area contributed by atoms with E-state index in [-0.39, 0.29) is 4.90 Å². The molecule has 18 heavy (non-hydrogen) atoms. The molecule has 1 aromatic heterocycles. The Bertz CT molecular complexity index is 500. The molecule has 6 nitrogen and oxygen atoms in total. The molecule has 0 radical (unpaired) electrons. The zero-order valence-electron chi connectivity index (χ0n) is 9.80. The van der Waals surface area contributed by atoms with E-state index in [1.54, 1.807) is 0 Å². The molecule has 0 bridgehead atoms. The van der Waals surface area contributed by atoms with Crippen LogP contribution in [0.3, 0.4) is 0 Å². The van der Waals surface area contributed by atoms with Crippen LogP contribution in [0.5, 0.6) is 0 Å². The first-order chi connectivity index (χ1) is 8.63. The number of anilines is 1. The van der Waals surface area contributed by atoms with Crippen molar-refractivity contribution in [2.45, 2.75) is 11.3 Å². The topological polar surface area (TPSA) is 97.1 Å². The smallest absolute Gasteiger partial charge is 0.244 e. The second-order valence-corrected chi connectivity index (χ2v) is 6.98. The van der Waals surface area contributed by atoms with Crippen LogP contribution in [0.2, 0.25) is 0 Å². The number of nitrogens with zero attached hydrogens (tertiary/aromatic N) is 1. The van der Waals surface area contributed by atoms with E-state index in [1.165, 1.54) is 18.5 Å². The normalized spacial score (nSPS) is 19.9. The van der Waals surface area contributed by atoms with Crippen molar-refractivity contribution in [1.29, 1.82) is 0 Å². The van der Waals surface area contributed by atoms with Crippen LogP contribution in [0.1, 0.15) is 6.42 Å². The molecule has 0 saturated carbocycles. The molecule has 0 aliphatic carbocycles. The van der Waals surface area contributed by atoms with Crippen molar-refractivity contribution in [3.63, 3.8) is 0 Å².